The quantitative estimate of drug-likeness (QED) is 0.410. The highest BCUT2D eigenvalue weighted by Crippen LogP contribution is 2.36. The van der Waals surface area contributed by atoms with E-state index in [2.05, 4.69) is 21.2 Å². The molecule has 0 spiro atoms. The number of carbonyl (C=O) groups excluding carboxylic acids is 1. The largest absolute Gasteiger partial charge is 0.454 e. The van der Waals surface area contributed by atoms with Crippen molar-refractivity contribution in [3.05, 3.63) is 82.3 Å². The predicted molar refractivity (Wildman–Crippen MR) is 120 cm³/mol. The Morgan fingerprint density at radius 1 is 1.00 bits per heavy atom. The molecule has 6 heteroatoms. The van der Waals surface area contributed by atoms with Crippen LogP contribution in [0.4, 0.5) is 5.69 Å². The normalized spacial score (nSPS) is 12.2. The third-order valence-electron chi connectivity index (χ3n) is 5.00. The second-order valence-electron chi connectivity index (χ2n) is 7.08. The smallest absolute Gasteiger partial charge is 0.256 e. The Morgan fingerprint density at radius 2 is 1.83 bits per heavy atom. The van der Waals surface area contributed by atoms with Crippen LogP contribution in [0.3, 0.4) is 0 Å². The van der Waals surface area contributed by atoms with Gasteiger partial charge in [0, 0.05) is 15.4 Å². The molecule has 4 aromatic rings. The second-order valence-corrected chi connectivity index (χ2v) is 7.93. The summed E-state index contributed by atoms with van der Waals surface area (Å²) in [6, 6.07) is 20.9. The zero-order chi connectivity index (χ0) is 20.7. The van der Waals surface area contributed by atoms with Gasteiger partial charge in [0.2, 0.25) is 6.79 Å². The molecule has 5 nitrogen and oxygen atoms in total. The fourth-order valence-electron chi connectivity index (χ4n) is 3.48. The fraction of sp³-hybridized carbons (Fsp3) is 0.0833. The van der Waals surface area contributed by atoms with E-state index >= 15 is 0 Å². The summed E-state index contributed by atoms with van der Waals surface area (Å²) in [5.41, 5.74) is 4.69. The summed E-state index contributed by atoms with van der Waals surface area (Å²) < 4.78 is 11.7. The number of aryl methyl sites for hydroxylation is 1. The molecule has 0 saturated heterocycles. The van der Waals surface area contributed by atoms with Gasteiger partial charge in [-0.3, -0.25) is 4.79 Å². The van der Waals surface area contributed by atoms with Crippen molar-refractivity contribution < 1.29 is 14.3 Å². The second kappa shape index (κ2) is 7.46. The SMILES string of the molecule is Cc1ccc(NC(=O)c2cc(-c3ccc4c(c3)OCO4)nc3ccccc23)c(Br)c1. The number of para-hydroxylation sites is 1. The minimum atomic E-state index is -0.194. The molecule has 1 aliphatic rings. The molecule has 0 saturated carbocycles. The van der Waals surface area contributed by atoms with Crippen molar-refractivity contribution >= 4 is 38.4 Å². The summed E-state index contributed by atoms with van der Waals surface area (Å²) >= 11 is 3.52. The van der Waals surface area contributed by atoms with Crippen molar-refractivity contribution in [2.75, 3.05) is 12.1 Å². The van der Waals surface area contributed by atoms with E-state index in [-0.39, 0.29) is 12.7 Å². The van der Waals surface area contributed by atoms with E-state index in [0.717, 1.165) is 32.2 Å². The number of amides is 1. The molecular formula is C24H17BrN2O3. The Balaban J connectivity index is 1.59. The summed E-state index contributed by atoms with van der Waals surface area (Å²) in [4.78, 5) is 18.0. The van der Waals surface area contributed by atoms with Crippen LogP contribution in [0, 0.1) is 6.92 Å². The summed E-state index contributed by atoms with van der Waals surface area (Å²) in [7, 11) is 0. The van der Waals surface area contributed by atoms with Gasteiger partial charge in [-0.15, -0.1) is 0 Å². The van der Waals surface area contributed by atoms with Gasteiger partial charge in [-0.1, -0.05) is 24.3 Å². The Morgan fingerprint density at radius 3 is 2.70 bits per heavy atom. The van der Waals surface area contributed by atoms with Crippen LogP contribution in [0.25, 0.3) is 22.2 Å². The van der Waals surface area contributed by atoms with E-state index in [1.54, 1.807) is 0 Å². The van der Waals surface area contributed by atoms with Crippen LogP contribution in [-0.2, 0) is 0 Å². The molecule has 3 aromatic carbocycles. The zero-order valence-corrected chi connectivity index (χ0v) is 17.7. The van der Waals surface area contributed by atoms with Gasteiger partial charge < -0.3 is 14.8 Å². The predicted octanol–water partition coefficient (Wildman–Crippen LogP) is 5.95. The first-order chi connectivity index (χ1) is 14.6. The molecule has 1 aliphatic heterocycles. The van der Waals surface area contributed by atoms with E-state index < -0.39 is 0 Å². The minimum Gasteiger partial charge on any atom is -0.454 e. The van der Waals surface area contributed by atoms with Crippen molar-refractivity contribution in [1.29, 1.82) is 0 Å². The molecule has 148 valence electrons. The molecule has 0 atom stereocenters. The van der Waals surface area contributed by atoms with Gasteiger partial charge in [-0.2, -0.15) is 0 Å². The Hall–Kier alpha value is -3.38. The number of pyridine rings is 1. The first kappa shape index (κ1) is 18.6. The highest BCUT2D eigenvalue weighted by atomic mass is 79.9. The van der Waals surface area contributed by atoms with Gasteiger partial charge in [0.15, 0.2) is 11.5 Å². The van der Waals surface area contributed by atoms with Gasteiger partial charge in [0.25, 0.3) is 5.91 Å². The van der Waals surface area contributed by atoms with E-state index in [1.165, 1.54) is 0 Å². The van der Waals surface area contributed by atoms with Crippen molar-refractivity contribution in [1.82, 2.24) is 4.98 Å². The number of ether oxygens (including phenoxy) is 2. The average molecular weight is 461 g/mol. The van der Waals surface area contributed by atoms with Crippen LogP contribution in [-0.4, -0.2) is 17.7 Å². The standard InChI is InChI=1S/C24H17BrN2O3/c1-14-6-8-20(18(25)10-14)27-24(28)17-12-21(26-19-5-3-2-4-16(17)19)15-7-9-22-23(11-15)30-13-29-22/h2-12H,13H2,1H3,(H,27,28). The van der Waals surface area contributed by atoms with E-state index in [0.29, 0.717) is 22.8 Å². The number of benzene rings is 3. The minimum absolute atomic E-state index is 0.194. The maximum absolute atomic E-state index is 13.2. The Bertz CT molecular complexity index is 1300. The number of hydrogen-bond donors (Lipinski definition) is 1. The first-order valence-electron chi connectivity index (χ1n) is 9.46. The number of halogens is 1. The molecule has 0 radical (unpaired) electrons. The molecule has 0 aliphatic carbocycles. The topological polar surface area (TPSA) is 60.5 Å². The molecule has 0 unspecified atom stereocenters. The van der Waals surface area contributed by atoms with Gasteiger partial charge in [-0.25, -0.2) is 4.98 Å². The number of carbonyl (C=O) groups is 1. The van der Waals surface area contributed by atoms with Gasteiger partial charge in [0.1, 0.15) is 0 Å². The van der Waals surface area contributed by atoms with Crippen LogP contribution in [0.15, 0.2) is 71.2 Å². The van der Waals surface area contributed by atoms with Gasteiger partial charge >= 0.3 is 0 Å². The van der Waals surface area contributed by atoms with Crippen molar-refractivity contribution in [3.63, 3.8) is 0 Å². The molecule has 1 aromatic heterocycles. The van der Waals surface area contributed by atoms with Crippen LogP contribution >= 0.6 is 15.9 Å². The van der Waals surface area contributed by atoms with Crippen LogP contribution in [0.2, 0.25) is 0 Å². The summed E-state index contributed by atoms with van der Waals surface area (Å²) in [5.74, 6) is 1.19. The molecule has 1 N–H and O–H groups in total. The molecule has 1 amide bonds. The lowest BCUT2D eigenvalue weighted by molar-refractivity contribution is 0.102. The molecule has 2 heterocycles. The third kappa shape index (κ3) is 3.39. The average Bonchev–Trinajstić information content (AvgIpc) is 3.22. The van der Waals surface area contributed by atoms with Crippen LogP contribution in [0.5, 0.6) is 11.5 Å². The van der Waals surface area contributed by atoms with Gasteiger partial charge in [-0.05, 0) is 70.9 Å². The number of anilines is 1. The summed E-state index contributed by atoms with van der Waals surface area (Å²) in [6.45, 7) is 2.22. The summed E-state index contributed by atoms with van der Waals surface area (Å²) in [6.07, 6.45) is 0. The highest BCUT2D eigenvalue weighted by Gasteiger charge is 2.18. The molecule has 5 rings (SSSR count). The van der Waals surface area contributed by atoms with Crippen LogP contribution in [0.1, 0.15) is 15.9 Å². The zero-order valence-electron chi connectivity index (χ0n) is 16.1. The number of fused-ring (bicyclic) bond motifs is 2. The van der Waals surface area contributed by atoms with E-state index in [1.807, 2.05) is 73.7 Å². The molecule has 30 heavy (non-hydrogen) atoms. The van der Waals surface area contributed by atoms with Crippen molar-refractivity contribution in [3.8, 4) is 22.8 Å². The maximum atomic E-state index is 13.2. The number of nitrogens with zero attached hydrogens (tertiary/aromatic N) is 1. The van der Waals surface area contributed by atoms with Crippen LogP contribution < -0.4 is 14.8 Å². The molecular weight excluding hydrogens is 444 g/mol. The Labute approximate surface area is 181 Å². The first-order valence-corrected chi connectivity index (χ1v) is 10.2. The summed E-state index contributed by atoms with van der Waals surface area (Å²) in [5, 5.41) is 3.80. The molecule has 0 bridgehead atoms. The lowest BCUT2D eigenvalue weighted by atomic mass is 10.0. The number of aromatic nitrogens is 1. The number of rotatable bonds is 3. The van der Waals surface area contributed by atoms with E-state index in [4.69, 9.17) is 14.5 Å². The van der Waals surface area contributed by atoms with Crippen molar-refractivity contribution in [2.45, 2.75) is 6.92 Å². The third-order valence-corrected chi connectivity index (χ3v) is 5.66. The monoisotopic (exact) mass is 460 g/mol. The lowest BCUT2D eigenvalue weighted by Gasteiger charge is -2.12. The molecule has 0 fully saturated rings. The van der Waals surface area contributed by atoms with Gasteiger partial charge in [0.05, 0.1) is 22.5 Å². The number of nitrogens with one attached hydrogen (secondary N) is 1. The Kier molecular flexibility index (Phi) is 4.64. The van der Waals surface area contributed by atoms with E-state index in [9.17, 15) is 4.79 Å². The lowest BCUT2D eigenvalue weighted by Crippen LogP contribution is -2.13. The highest BCUT2D eigenvalue weighted by molar-refractivity contribution is 9.10. The fourth-order valence-corrected chi connectivity index (χ4v) is 4.07. The maximum Gasteiger partial charge on any atom is 0.256 e. The van der Waals surface area contributed by atoms with Crippen molar-refractivity contribution in [2.24, 2.45) is 0 Å². The number of hydrogen-bond acceptors (Lipinski definition) is 4.